The van der Waals surface area contributed by atoms with E-state index >= 15 is 0 Å². The van der Waals surface area contributed by atoms with Crippen LogP contribution in [0.1, 0.15) is 35.8 Å². The summed E-state index contributed by atoms with van der Waals surface area (Å²) in [4.78, 5) is 30.5. The molecule has 0 aliphatic carbocycles. The van der Waals surface area contributed by atoms with Gasteiger partial charge < -0.3 is 14.4 Å². The van der Waals surface area contributed by atoms with Gasteiger partial charge in [-0.3, -0.25) is 9.59 Å². The van der Waals surface area contributed by atoms with E-state index in [1.54, 1.807) is 41.6 Å². The van der Waals surface area contributed by atoms with Gasteiger partial charge in [0.15, 0.2) is 0 Å². The molecule has 1 aromatic carbocycles. The van der Waals surface area contributed by atoms with Crippen LogP contribution in [0.3, 0.4) is 0 Å². The summed E-state index contributed by atoms with van der Waals surface area (Å²) in [6.07, 6.45) is 1.58. The van der Waals surface area contributed by atoms with E-state index in [9.17, 15) is 9.59 Å². The molecule has 7 heteroatoms. The molecule has 6 nitrogen and oxygen atoms in total. The number of carbonyl (C=O) groups excluding carboxylic acids is 2. The largest absolute Gasteiger partial charge is 0.487 e. The third-order valence-electron chi connectivity index (χ3n) is 4.30. The molecular weight excluding hydrogens is 352 g/mol. The smallest absolute Gasteiger partial charge is 0.310 e. The van der Waals surface area contributed by atoms with Crippen LogP contribution in [-0.2, 0) is 16.1 Å². The molecule has 1 saturated heterocycles. The highest BCUT2D eigenvalue weighted by Crippen LogP contribution is 2.21. The van der Waals surface area contributed by atoms with Crippen molar-refractivity contribution >= 4 is 23.2 Å². The van der Waals surface area contributed by atoms with Crippen LogP contribution < -0.4 is 4.74 Å². The van der Waals surface area contributed by atoms with Gasteiger partial charge in [0.05, 0.1) is 23.7 Å². The Labute approximate surface area is 156 Å². The number of esters is 1. The highest BCUT2D eigenvalue weighted by Gasteiger charge is 2.29. The van der Waals surface area contributed by atoms with Gasteiger partial charge in [-0.2, -0.15) is 0 Å². The number of hydrogen-bond donors (Lipinski definition) is 0. The van der Waals surface area contributed by atoms with Gasteiger partial charge in [-0.25, -0.2) is 4.98 Å². The maximum absolute atomic E-state index is 12.7. The molecule has 1 fully saturated rings. The Balaban J connectivity index is 1.57. The predicted molar refractivity (Wildman–Crippen MR) is 98.1 cm³/mol. The molecule has 0 saturated carbocycles. The molecular formula is C19H22N2O4S. The number of thiazole rings is 1. The lowest BCUT2D eigenvalue weighted by molar-refractivity contribution is -0.149. The van der Waals surface area contributed by atoms with Crippen LogP contribution in [0.25, 0.3) is 0 Å². The minimum Gasteiger partial charge on any atom is -0.487 e. The molecule has 0 spiro atoms. The highest BCUT2D eigenvalue weighted by atomic mass is 32.1. The van der Waals surface area contributed by atoms with Gasteiger partial charge in [-0.1, -0.05) is 0 Å². The maximum Gasteiger partial charge on any atom is 0.310 e. The molecule has 1 aliphatic rings. The Morgan fingerprint density at radius 2 is 2.12 bits per heavy atom. The fraction of sp³-hybridized carbons (Fsp3) is 0.421. The van der Waals surface area contributed by atoms with Crippen molar-refractivity contribution in [2.45, 2.75) is 26.4 Å². The highest BCUT2D eigenvalue weighted by molar-refractivity contribution is 7.07. The Hall–Kier alpha value is -2.41. The number of carbonyl (C=O) groups is 2. The molecule has 1 atom stereocenters. The van der Waals surface area contributed by atoms with Gasteiger partial charge in [-0.15, -0.1) is 11.3 Å². The number of piperidine rings is 1. The molecule has 3 rings (SSSR count). The van der Waals surface area contributed by atoms with E-state index in [4.69, 9.17) is 9.47 Å². The van der Waals surface area contributed by atoms with Crippen molar-refractivity contribution in [1.29, 1.82) is 0 Å². The minimum atomic E-state index is -0.228. The second-order valence-electron chi connectivity index (χ2n) is 6.14. The summed E-state index contributed by atoms with van der Waals surface area (Å²) >= 11 is 1.53. The monoisotopic (exact) mass is 374 g/mol. The van der Waals surface area contributed by atoms with Crippen LogP contribution >= 0.6 is 11.3 Å². The SMILES string of the molecule is CCOC(=O)[C@@H]1CCCN(C(=O)c2ccc(OCc3cscn3)cc2)C1. The second-order valence-corrected chi connectivity index (χ2v) is 6.85. The van der Waals surface area contributed by atoms with E-state index in [2.05, 4.69) is 4.98 Å². The van der Waals surface area contributed by atoms with E-state index in [0.29, 0.717) is 37.6 Å². The molecule has 2 heterocycles. The fourth-order valence-corrected chi connectivity index (χ4v) is 3.50. The number of hydrogen-bond acceptors (Lipinski definition) is 6. The van der Waals surface area contributed by atoms with E-state index in [1.807, 2.05) is 5.38 Å². The zero-order chi connectivity index (χ0) is 18.4. The first kappa shape index (κ1) is 18.4. The molecule has 0 radical (unpaired) electrons. The molecule has 0 bridgehead atoms. The van der Waals surface area contributed by atoms with Gasteiger partial charge in [0, 0.05) is 24.0 Å². The lowest BCUT2D eigenvalue weighted by Crippen LogP contribution is -2.42. The van der Waals surface area contributed by atoms with Crippen molar-refractivity contribution in [3.05, 3.63) is 46.4 Å². The quantitative estimate of drug-likeness (QED) is 0.727. The van der Waals surface area contributed by atoms with Crippen molar-refractivity contribution in [3.63, 3.8) is 0 Å². The minimum absolute atomic E-state index is 0.0648. The van der Waals surface area contributed by atoms with Crippen molar-refractivity contribution in [3.8, 4) is 5.75 Å². The molecule has 2 aromatic rings. The second kappa shape index (κ2) is 8.80. The number of nitrogens with zero attached hydrogens (tertiary/aromatic N) is 2. The van der Waals surface area contributed by atoms with Gasteiger partial charge in [-0.05, 0) is 44.0 Å². The number of benzene rings is 1. The summed E-state index contributed by atoms with van der Waals surface area (Å²) in [6.45, 7) is 3.65. The number of aromatic nitrogens is 1. The standard InChI is InChI=1S/C19H22N2O4S/c1-2-24-19(23)15-4-3-9-21(10-15)18(22)14-5-7-17(8-6-14)25-11-16-12-26-13-20-16/h5-8,12-13,15H,2-4,9-11H2,1H3/t15-/m1/s1. The zero-order valence-corrected chi connectivity index (χ0v) is 15.5. The lowest BCUT2D eigenvalue weighted by Gasteiger charge is -2.31. The lowest BCUT2D eigenvalue weighted by atomic mass is 9.97. The molecule has 1 aliphatic heterocycles. The first-order valence-electron chi connectivity index (χ1n) is 8.73. The fourth-order valence-electron chi connectivity index (χ4n) is 2.96. The number of rotatable bonds is 6. The number of amides is 1. The summed E-state index contributed by atoms with van der Waals surface area (Å²) < 4.78 is 10.8. The average Bonchev–Trinajstić information content (AvgIpc) is 3.20. The summed E-state index contributed by atoms with van der Waals surface area (Å²) in [5.74, 6) is 0.187. The molecule has 0 N–H and O–H groups in total. The summed E-state index contributed by atoms with van der Waals surface area (Å²) in [5, 5.41) is 1.94. The predicted octanol–water partition coefficient (Wildman–Crippen LogP) is 3.14. The van der Waals surface area contributed by atoms with E-state index in [1.165, 1.54) is 11.3 Å². The number of ether oxygens (including phenoxy) is 2. The average molecular weight is 374 g/mol. The van der Waals surface area contributed by atoms with Gasteiger partial charge in [0.1, 0.15) is 12.4 Å². The molecule has 1 aromatic heterocycles. The maximum atomic E-state index is 12.7. The number of likely N-dealkylation sites (tertiary alicyclic amines) is 1. The molecule has 26 heavy (non-hydrogen) atoms. The Kier molecular flexibility index (Phi) is 6.22. The van der Waals surface area contributed by atoms with Crippen LogP contribution in [0, 0.1) is 5.92 Å². The van der Waals surface area contributed by atoms with Crippen molar-refractivity contribution in [2.75, 3.05) is 19.7 Å². The normalized spacial score (nSPS) is 17.0. The first-order chi connectivity index (χ1) is 12.7. The topological polar surface area (TPSA) is 68.7 Å². The van der Waals surface area contributed by atoms with E-state index in [0.717, 1.165) is 18.5 Å². The van der Waals surface area contributed by atoms with Crippen LogP contribution in [0.4, 0.5) is 0 Å². The van der Waals surface area contributed by atoms with Crippen LogP contribution in [0.5, 0.6) is 5.75 Å². The van der Waals surface area contributed by atoms with E-state index in [-0.39, 0.29) is 17.8 Å². The summed E-state index contributed by atoms with van der Waals surface area (Å²) in [5.41, 5.74) is 3.24. The van der Waals surface area contributed by atoms with Crippen LogP contribution in [0.2, 0.25) is 0 Å². The van der Waals surface area contributed by atoms with Crippen molar-refractivity contribution < 1.29 is 19.1 Å². The third-order valence-corrected chi connectivity index (χ3v) is 4.94. The van der Waals surface area contributed by atoms with Crippen molar-refractivity contribution in [2.24, 2.45) is 5.92 Å². The van der Waals surface area contributed by atoms with Crippen molar-refractivity contribution in [1.82, 2.24) is 9.88 Å². The Bertz CT molecular complexity index is 731. The van der Waals surface area contributed by atoms with Gasteiger partial charge in [0.25, 0.3) is 5.91 Å². The van der Waals surface area contributed by atoms with Gasteiger partial charge in [0.2, 0.25) is 0 Å². The van der Waals surface area contributed by atoms with Crippen LogP contribution in [-0.4, -0.2) is 41.5 Å². The Morgan fingerprint density at radius 1 is 1.31 bits per heavy atom. The molecule has 0 unspecified atom stereocenters. The molecule has 1 amide bonds. The first-order valence-corrected chi connectivity index (χ1v) is 9.67. The van der Waals surface area contributed by atoms with Crippen LogP contribution in [0.15, 0.2) is 35.2 Å². The Morgan fingerprint density at radius 3 is 2.81 bits per heavy atom. The third kappa shape index (κ3) is 4.60. The zero-order valence-electron chi connectivity index (χ0n) is 14.7. The summed E-state index contributed by atoms with van der Waals surface area (Å²) in [6, 6.07) is 7.08. The molecule has 138 valence electrons. The van der Waals surface area contributed by atoms with Gasteiger partial charge >= 0.3 is 5.97 Å². The summed E-state index contributed by atoms with van der Waals surface area (Å²) in [7, 11) is 0. The van der Waals surface area contributed by atoms with E-state index < -0.39 is 0 Å².